The lowest BCUT2D eigenvalue weighted by atomic mass is 10.1. The van der Waals surface area contributed by atoms with Gasteiger partial charge in [0.25, 0.3) is 0 Å². The van der Waals surface area contributed by atoms with Crippen LogP contribution in [0.25, 0.3) is 0 Å². The monoisotopic (exact) mass is 206 g/mol. The molecule has 0 N–H and O–H groups in total. The van der Waals surface area contributed by atoms with Gasteiger partial charge in [-0.15, -0.1) is 0 Å². The molecule has 0 unspecified atom stereocenters. The van der Waals surface area contributed by atoms with Crippen LogP contribution in [0.1, 0.15) is 31.5 Å². The first-order valence-corrected chi connectivity index (χ1v) is 5.13. The maximum Gasteiger partial charge on any atom is 0.142 e. The second-order valence-electron chi connectivity index (χ2n) is 4.02. The third-order valence-corrected chi connectivity index (χ3v) is 2.37. The predicted octanol–water partition coefficient (Wildman–Crippen LogP) is 1.32. The Morgan fingerprint density at radius 2 is 2.40 bits per heavy atom. The van der Waals surface area contributed by atoms with Crippen LogP contribution in [0.3, 0.4) is 0 Å². The number of carbonyl (C=O) groups excluding carboxylic acids is 1. The summed E-state index contributed by atoms with van der Waals surface area (Å²) in [5.74, 6) is 0.806. The van der Waals surface area contributed by atoms with Crippen LogP contribution < -0.4 is 0 Å². The van der Waals surface area contributed by atoms with Crippen molar-refractivity contribution in [3.8, 4) is 0 Å². The molecule has 1 aliphatic heterocycles. The summed E-state index contributed by atoms with van der Waals surface area (Å²) >= 11 is 0. The molecule has 0 amide bonds. The van der Waals surface area contributed by atoms with E-state index in [0.29, 0.717) is 12.2 Å². The molecule has 0 aromatic carbocycles. The molecule has 1 fully saturated rings. The molecule has 4 nitrogen and oxygen atoms in total. The van der Waals surface area contributed by atoms with E-state index in [1.165, 1.54) is 0 Å². The molecule has 0 aliphatic carbocycles. The van der Waals surface area contributed by atoms with Crippen LogP contribution in [0.5, 0.6) is 0 Å². The molecule has 1 saturated heterocycles. The van der Waals surface area contributed by atoms with Crippen LogP contribution >= 0.6 is 0 Å². The van der Waals surface area contributed by atoms with Gasteiger partial charge >= 0.3 is 0 Å². The number of ketones is 1. The van der Waals surface area contributed by atoms with Crippen molar-refractivity contribution >= 4 is 5.78 Å². The van der Waals surface area contributed by atoms with Crippen molar-refractivity contribution in [1.82, 2.24) is 9.97 Å². The van der Waals surface area contributed by atoms with Crippen molar-refractivity contribution < 1.29 is 9.53 Å². The summed E-state index contributed by atoms with van der Waals surface area (Å²) in [6.07, 6.45) is 2.13. The molecule has 80 valence electrons. The van der Waals surface area contributed by atoms with E-state index < -0.39 is 0 Å². The molecule has 0 spiro atoms. The minimum atomic E-state index is 0.0365. The van der Waals surface area contributed by atoms with Crippen LogP contribution in [0.4, 0.5) is 0 Å². The van der Waals surface area contributed by atoms with Gasteiger partial charge in [-0.05, 0) is 6.07 Å². The van der Waals surface area contributed by atoms with Crippen LogP contribution in [0, 0.1) is 5.92 Å². The zero-order valence-electron chi connectivity index (χ0n) is 8.93. The van der Waals surface area contributed by atoms with Gasteiger partial charge < -0.3 is 4.74 Å². The van der Waals surface area contributed by atoms with E-state index in [1.54, 1.807) is 6.20 Å². The van der Waals surface area contributed by atoms with Crippen LogP contribution in [0.15, 0.2) is 12.3 Å². The minimum absolute atomic E-state index is 0.0365. The Bertz CT molecular complexity index is 373. The van der Waals surface area contributed by atoms with Gasteiger partial charge in [-0.1, -0.05) is 13.8 Å². The van der Waals surface area contributed by atoms with E-state index in [9.17, 15) is 4.79 Å². The fourth-order valence-electron chi connectivity index (χ4n) is 1.26. The molecule has 0 radical (unpaired) electrons. The number of ether oxygens (including phenoxy) is 1. The van der Waals surface area contributed by atoms with Gasteiger partial charge in [0.05, 0.1) is 18.7 Å². The zero-order valence-corrected chi connectivity index (χ0v) is 8.93. The summed E-state index contributed by atoms with van der Waals surface area (Å²) < 4.78 is 5.13. The van der Waals surface area contributed by atoms with Crippen molar-refractivity contribution in [1.29, 1.82) is 0 Å². The molecule has 0 saturated carbocycles. The highest BCUT2D eigenvalue weighted by atomic mass is 16.6. The molecule has 1 aromatic heterocycles. The van der Waals surface area contributed by atoms with E-state index in [1.807, 2.05) is 19.9 Å². The molecule has 2 heterocycles. The van der Waals surface area contributed by atoms with E-state index in [4.69, 9.17) is 4.74 Å². The van der Waals surface area contributed by atoms with Crippen LogP contribution in [0.2, 0.25) is 0 Å². The summed E-state index contributed by atoms with van der Waals surface area (Å²) in [4.78, 5) is 19.9. The average Bonchev–Trinajstić information content (AvgIpc) is 3.01. The highest BCUT2D eigenvalue weighted by Gasteiger charge is 2.26. The number of rotatable bonds is 4. The summed E-state index contributed by atoms with van der Waals surface area (Å²) in [7, 11) is 0. The predicted molar refractivity (Wildman–Crippen MR) is 54.3 cm³/mol. The van der Waals surface area contributed by atoms with Crippen molar-refractivity contribution in [2.75, 3.05) is 6.61 Å². The Kier molecular flexibility index (Phi) is 2.77. The number of hydrogen-bond acceptors (Lipinski definition) is 4. The molecule has 0 bridgehead atoms. The molecule has 1 aromatic rings. The lowest BCUT2D eigenvalue weighted by Crippen LogP contribution is -2.13. The standard InChI is InChI=1S/C11H14N2O2/c1-7(2)9(14)5-11-12-4-3-8(13-11)10-6-15-10/h3-4,7,10H,5-6H2,1-2H3/t10-/m0/s1. The molecular formula is C11H14N2O2. The largest absolute Gasteiger partial charge is 0.366 e. The molecule has 2 rings (SSSR count). The Balaban J connectivity index is 2.07. The lowest BCUT2D eigenvalue weighted by Gasteiger charge is -2.03. The van der Waals surface area contributed by atoms with Crippen molar-refractivity contribution in [3.05, 3.63) is 23.8 Å². The van der Waals surface area contributed by atoms with Gasteiger partial charge in [-0.25, -0.2) is 9.97 Å². The number of epoxide rings is 1. The number of nitrogens with zero attached hydrogens (tertiary/aromatic N) is 2. The van der Waals surface area contributed by atoms with Gasteiger partial charge in [-0.3, -0.25) is 4.79 Å². The van der Waals surface area contributed by atoms with Crippen LogP contribution in [-0.2, 0) is 16.0 Å². The normalized spacial score (nSPS) is 19.3. The third-order valence-electron chi connectivity index (χ3n) is 2.37. The van der Waals surface area contributed by atoms with E-state index in [0.717, 1.165) is 12.3 Å². The van der Waals surface area contributed by atoms with Gasteiger partial charge in [0, 0.05) is 12.1 Å². The van der Waals surface area contributed by atoms with Gasteiger partial charge in [0.2, 0.25) is 0 Å². The zero-order chi connectivity index (χ0) is 10.8. The first kappa shape index (κ1) is 10.2. The highest BCUT2D eigenvalue weighted by Crippen LogP contribution is 2.27. The molecule has 1 atom stereocenters. The number of Topliss-reactive ketones (excluding diaryl/α,β-unsaturated/α-hetero) is 1. The van der Waals surface area contributed by atoms with Gasteiger partial charge in [-0.2, -0.15) is 0 Å². The number of hydrogen-bond donors (Lipinski definition) is 0. The van der Waals surface area contributed by atoms with Gasteiger partial charge in [0.15, 0.2) is 0 Å². The Morgan fingerprint density at radius 1 is 1.67 bits per heavy atom. The molecular weight excluding hydrogens is 192 g/mol. The minimum Gasteiger partial charge on any atom is -0.366 e. The maximum atomic E-state index is 11.5. The quantitative estimate of drug-likeness (QED) is 0.697. The summed E-state index contributed by atoms with van der Waals surface area (Å²) in [5.41, 5.74) is 0.886. The smallest absolute Gasteiger partial charge is 0.142 e. The fourth-order valence-corrected chi connectivity index (χ4v) is 1.26. The third kappa shape index (κ3) is 2.59. The lowest BCUT2D eigenvalue weighted by molar-refractivity contribution is -0.121. The first-order chi connectivity index (χ1) is 7.16. The van der Waals surface area contributed by atoms with Crippen LogP contribution in [-0.4, -0.2) is 22.4 Å². The topological polar surface area (TPSA) is 55.4 Å². The number of carbonyl (C=O) groups is 1. The summed E-state index contributed by atoms with van der Waals surface area (Å²) in [5, 5.41) is 0. The molecule has 4 heteroatoms. The SMILES string of the molecule is CC(C)C(=O)Cc1nccc([C@@H]2CO2)n1. The van der Waals surface area contributed by atoms with Crippen molar-refractivity contribution in [2.45, 2.75) is 26.4 Å². The van der Waals surface area contributed by atoms with Crippen molar-refractivity contribution in [2.24, 2.45) is 5.92 Å². The Labute approximate surface area is 88.7 Å². The average molecular weight is 206 g/mol. The number of aromatic nitrogens is 2. The first-order valence-electron chi connectivity index (χ1n) is 5.13. The highest BCUT2D eigenvalue weighted by molar-refractivity contribution is 5.81. The van der Waals surface area contributed by atoms with E-state index in [2.05, 4.69) is 9.97 Å². The van der Waals surface area contributed by atoms with E-state index in [-0.39, 0.29) is 17.8 Å². The summed E-state index contributed by atoms with van der Waals surface area (Å²) in [6.45, 7) is 4.50. The molecule has 15 heavy (non-hydrogen) atoms. The Hall–Kier alpha value is -1.29. The Morgan fingerprint density at radius 3 is 3.00 bits per heavy atom. The second kappa shape index (κ2) is 4.06. The second-order valence-corrected chi connectivity index (χ2v) is 4.02. The fraction of sp³-hybridized carbons (Fsp3) is 0.545. The summed E-state index contributed by atoms with van der Waals surface area (Å²) in [6, 6.07) is 1.83. The van der Waals surface area contributed by atoms with Crippen molar-refractivity contribution in [3.63, 3.8) is 0 Å². The van der Waals surface area contributed by atoms with Gasteiger partial charge in [0.1, 0.15) is 17.7 Å². The molecule has 1 aliphatic rings. The van der Waals surface area contributed by atoms with E-state index >= 15 is 0 Å². The maximum absolute atomic E-state index is 11.5.